The number of benzene rings is 1. The van der Waals surface area contributed by atoms with E-state index in [-0.39, 0.29) is 5.75 Å². The van der Waals surface area contributed by atoms with E-state index in [0.29, 0.717) is 11.2 Å². The van der Waals surface area contributed by atoms with Crippen LogP contribution in [0.1, 0.15) is 24.8 Å². The quantitative estimate of drug-likeness (QED) is 0.757. The Kier molecular flexibility index (Phi) is 4.66. The Labute approximate surface area is 114 Å². The maximum Gasteiger partial charge on any atom is 0.160 e. The van der Waals surface area contributed by atoms with Crippen LogP contribution in [0.15, 0.2) is 18.2 Å². The van der Waals surface area contributed by atoms with E-state index in [1.165, 1.54) is 12.8 Å². The van der Waals surface area contributed by atoms with Gasteiger partial charge in [-0.1, -0.05) is 6.07 Å². The number of hydrogen-bond donors (Lipinski definition) is 2. The number of phenolic OH excluding ortho intramolecular Hbond substituents is 1. The van der Waals surface area contributed by atoms with Crippen molar-refractivity contribution in [1.29, 1.82) is 0 Å². The summed E-state index contributed by atoms with van der Waals surface area (Å²) in [5.74, 6) is 0.713. The number of ether oxygens (including phenoxy) is 2. The van der Waals surface area contributed by atoms with Gasteiger partial charge in [-0.25, -0.2) is 0 Å². The highest BCUT2D eigenvalue weighted by Gasteiger charge is 2.41. The van der Waals surface area contributed by atoms with Crippen LogP contribution in [0.25, 0.3) is 0 Å². The van der Waals surface area contributed by atoms with E-state index < -0.39 is 0 Å². The maximum atomic E-state index is 9.71. The zero-order valence-electron chi connectivity index (χ0n) is 11.7. The molecule has 1 saturated carbocycles. The Morgan fingerprint density at radius 2 is 2.11 bits per heavy atom. The fraction of sp³-hybridized carbons (Fsp3) is 0.600. The molecule has 0 aromatic heterocycles. The van der Waals surface area contributed by atoms with Crippen LogP contribution in [-0.4, -0.2) is 32.5 Å². The lowest BCUT2D eigenvalue weighted by Crippen LogP contribution is -2.24. The van der Waals surface area contributed by atoms with Crippen LogP contribution in [0.5, 0.6) is 11.5 Å². The smallest absolute Gasteiger partial charge is 0.160 e. The molecule has 19 heavy (non-hydrogen) atoms. The number of aromatic hydroxyl groups is 1. The molecule has 4 nitrogen and oxygen atoms in total. The normalized spacial score (nSPS) is 16.3. The summed E-state index contributed by atoms with van der Waals surface area (Å²) in [7, 11) is 3.31. The van der Waals surface area contributed by atoms with Crippen molar-refractivity contribution >= 4 is 0 Å². The maximum absolute atomic E-state index is 9.71. The molecule has 0 radical (unpaired) electrons. The molecule has 0 aliphatic heterocycles. The zero-order valence-corrected chi connectivity index (χ0v) is 11.7. The second-order valence-electron chi connectivity index (χ2n) is 5.35. The van der Waals surface area contributed by atoms with Crippen molar-refractivity contribution < 1.29 is 14.6 Å². The number of hydrogen-bond acceptors (Lipinski definition) is 4. The summed E-state index contributed by atoms with van der Waals surface area (Å²) in [5.41, 5.74) is 1.52. The van der Waals surface area contributed by atoms with Gasteiger partial charge in [0.25, 0.3) is 0 Å². The molecule has 1 aromatic rings. The van der Waals surface area contributed by atoms with E-state index in [1.807, 2.05) is 6.07 Å². The van der Waals surface area contributed by atoms with Crippen molar-refractivity contribution in [3.63, 3.8) is 0 Å². The van der Waals surface area contributed by atoms with Gasteiger partial charge in [0.05, 0.1) is 7.11 Å². The van der Waals surface area contributed by atoms with Crippen LogP contribution < -0.4 is 10.1 Å². The number of methoxy groups -OCH3 is 2. The summed E-state index contributed by atoms with van der Waals surface area (Å²) in [6.07, 6.45) is 3.71. The average Bonchev–Trinajstić information content (AvgIpc) is 3.17. The number of phenols is 1. The molecule has 1 aromatic carbocycles. The fourth-order valence-electron chi connectivity index (χ4n) is 2.33. The van der Waals surface area contributed by atoms with E-state index in [1.54, 1.807) is 26.4 Å². The molecule has 4 heteroatoms. The monoisotopic (exact) mass is 265 g/mol. The van der Waals surface area contributed by atoms with Crippen molar-refractivity contribution in [3.05, 3.63) is 23.8 Å². The lowest BCUT2D eigenvalue weighted by Gasteiger charge is -2.15. The van der Waals surface area contributed by atoms with Crippen molar-refractivity contribution in [1.82, 2.24) is 5.32 Å². The van der Waals surface area contributed by atoms with Gasteiger partial charge < -0.3 is 19.9 Å². The van der Waals surface area contributed by atoms with Crippen LogP contribution in [0.3, 0.4) is 0 Å². The second kappa shape index (κ2) is 6.26. The van der Waals surface area contributed by atoms with Gasteiger partial charge in [-0.15, -0.1) is 0 Å². The standard InChI is InChI=1S/C15H23NO3/c1-18-8-7-15(5-6-15)11-16-10-12-3-4-14(19-2)13(17)9-12/h3-4,9,16-17H,5-8,10-11H2,1-2H3. The highest BCUT2D eigenvalue weighted by molar-refractivity contribution is 5.41. The number of rotatable bonds is 8. The van der Waals surface area contributed by atoms with E-state index >= 15 is 0 Å². The second-order valence-corrected chi connectivity index (χ2v) is 5.35. The van der Waals surface area contributed by atoms with Gasteiger partial charge in [0.2, 0.25) is 0 Å². The highest BCUT2D eigenvalue weighted by atomic mass is 16.5. The Bertz CT molecular complexity index is 416. The fourth-order valence-corrected chi connectivity index (χ4v) is 2.33. The summed E-state index contributed by atoms with van der Waals surface area (Å²) in [6, 6.07) is 5.52. The molecular formula is C15H23NO3. The van der Waals surface area contributed by atoms with Crippen LogP contribution in [0.4, 0.5) is 0 Å². The molecule has 0 atom stereocenters. The van der Waals surface area contributed by atoms with Gasteiger partial charge in [-0.05, 0) is 42.4 Å². The van der Waals surface area contributed by atoms with E-state index in [4.69, 9.17) is 9.47 Å². The molecule has 2 N–H and O–H groups in total. The van der Waals surface area contributed by atoms with Gasteiger partial charge in [0.1, 0.15) is 0 Å². The Balaban J connectivity index is 1.78. The predicted molar refractivity (Wildman–Crippen MR) is 74.5 cm³/mol. The number of nitrogens with one attached hydrogen (secondary N) is 1. The lowest BCUT2D eigenvalue weighted by molar-refractivity contribution is 0.171. The molecule has 1 fully saturated rings. The third-order valence-corrected chi connectivity index (χ3v) is 3.87. The van der Waals surface area contributed by atoms with E-state index in [2.05, 4.69) is 5.32 Å². The summed E-state index contributed by atoms with van der Waals surface area (Å²) < 4.78 is 10.2. The first-order valence-electron chi connectivity index (χ1n) is 6.75. The lowest BCUT2D eigenvalue weighted by atomic mass is 10.0. The molecule has 0 amide bonds. The molecule has 0 spiro atoms. The van der Waals surface area contributed by atoms with Gasteiger partial charge >= 0.3 is 0 Å². The first-order chi connectivity index (χ1) is 9.19. The largest absolute Gasteiger partial charge is 0.504 e. The van der Waals surface area contributed by atoms with Crippen molar-refractivity contribution in [2.45, 2.75) is 25.8 Å². The van der Waals surface area contributed by atoms with Crippen LogP contribution in [0, 0.1) is 5.41 Å². The summed E-state index contributed by atoms with van der Waals surface area (Å²) in [5, 5.41) is 13.2. The molecule has 0 bridgehead atoms. The Morgan fingerprint density at radius 1 is 1.32 bits per heavy atom. The molecule has 1 aliphatic carbocycles. The molecule has 2 rings (SSSR count). The summed E-state index contributed by atoms with van der Waals surface area (Å²) in [4.78, 5) is 0. The van der Waals surface area contributed by atoms with Gasteiger partial charge in [-0.3, -0.25) is 0 Å². The van der Waals surface area contributed by atoms with E-state index in [9.17, 15) is 5.11 Å². The van der Waals surface area contributed by atoms with Gasteiger partial charge in [0.15, 0.2) is 11.5 Å². The molecule has 106 valence electrons. The van der Waals surface area contributed by atoms with Gasteiger partial charge in [0, 0.05) is 26.8 Å². The van der Waals surface area contributed by atoms with Crippen LogP contribution >= 0.6 is 0 Å². The molecule has 0 saturated heterocycles. The topological polar surface area (TPSA) is 50.7 Å². The average molecular weight is 265 g/mol. The Morgan fingerprint density at radius 3 is 2.68 bits per heavy atom. The van der Waals surface area contributed by atoms with E-state index in [0.717, 1.165) is 31.7 Å². The zero-order chi connectivity index (χ0) is 13.7. The van der Waals surface area contributed by atoms with Crippen molar-refractivity contribution in [3.8, 4) is 11.5 Å². The summed E-state index contributed by atoms with van der Waals surface area (Å²) in [6.45, 7) is 2.63. The Hall–Kier alpha value is -1.26. The third kappa shape index (κ3) is 3.85. The minimum atomic E-state index is 0.197. The van der Waals surface area contributed by atoms with Crippen LogP contribution in [0.2, 0.25) is 0 Å². The molecule has 1 aliphatic rings. The first kappa shape index (κ1) is 14.2. The van der Waals surface area contributed by atoms with Crippen LogP contribution in [-0.2, 0) is 11.3 Å². The molecule has 0 heterocycles. The SMILES string of the molecule is COCCC1(CNCc2ccc(OC)c(O)c2)CC1. The molecule has 0 unspecified atom stereocenters. The summed E-state index contributed by atoms with van der Waals surface area (Å²) >= 11 is 0. The minimum Gasteiger partial charge on any atom is -0.504 e. The van der Waals surface area contributed by atoms with Crippen molar-refractivity contribution in [2.24, 2.45) is 5.41 Å². The third-order valence-electron chi connectivity index (χ3n) is 3.87. The molecular weight excluding hydrogens is 242 g/mol. The highest BCUT2D eigenvalue weighted by Crippen LogP contribution is 2.48. The minimum absolute atomic E-state index is 0.197. The van der Waals surface area contributed by atoms with Crippen molar-refractivity contribution in [2.75, 3.05) is 27.4 Å². The predicted octanol–water partition coefficient (Wildman–Crippen LogP) is 2.31. The first-order valence-corrected chi connectivity index (χ1v) is 6.75. The van der Waals surface area contributed by atoms with Gasteiger partial charge in [-0.2, -0.15) is 0 Å².